The van der Waals surface area contributed by atoms with E-state index in [-0.39, 0.29) is 5.03 Å². The van der Waals surface area contributed by atoms with Crippen molar-refractivity contribution in [3.05, 3.63) is 23.9 Å². The molecule has 0 radical (unpaired) electrons. The van der Waals surface area contributed by atoms with Crippen molar-refractivity contribution < 1.29 is 8.42 Å². The highest BCUT2D eigenvalue weighted by Gasteiger charge is 2.20. The van der Waals surface area contributed by atoms with Gasteiger partial charge in [0.05, 0.1) is 0 Å². The van der Waals surface area contributed by atoms with E-state index in [1.54, 1.807) is 11.1 Å². The summed E-state index contributed by atoms with van der Waals surface area (Å²) in [6.07, 6.45) is 4.68. The Bertz CT molecular complexity index is 480. The molecule has 0 amide bonds. The number of hydrogen-bond donors (Lipinski definition) is 2. The lowest BCUT2D eigenvalue weighted by molar-refractivity contribution is 0.199. The molecule has 2 heterocycles. The first-order valence-corrected chi connectivity index (χ1v) is 7.52. The summed E-state index contributed by atoms with van der Waals surface area (Å²) in [7, 11) is -3.56. The summed E-state index contributed by atoms with van der Waals surface area (Å²) in [5, 5.41) is 1.77. The Labute approximate surface area is 107 Å². The molecule has 18 heavy (non-hydrogen) atoms. The van der Waals surface area contributed by atoms with Crippen molar-refractivity contribution in [1.29, 1.82) is 0 Å². The summed E-state index contributed by atoms with van der Waals surface area (Å²) in [6.45, 7) is 1.85. The topological polar surface area (TPSA) is 88.3 Å². The van der Waals surface area contributed by atoms with Crippen molar-refractivity contribution >= 4 is 10.0 Å². The predicted octanol–water partition coefficient (Wildman–Crippen LogP) is 0.219. The molecule has 1 aromatic rings. The van der Waals surface area contributed by atoms with Crippen LogP contribution in [0.5, 0.6) is 0 Å². The molecule has 1 saturated heterocycles. The number of sulfonamides is 1. The van der Waals surface area contributed by atoms with Crippen LogP contribution in [-0.2, 0) is 16.6 Å². The van der Waals surface area contributed by atoms with E-state index in [0.717, 1.165) is 37.9 Å². The summed E-state index contributed by atoms with van der Waals surface area (Å²) in [6, 6.07) is 3.16. The number of nitrogens with one attached hydrogen (secondary N) is 1. The Kier molecular flexibility index (Phi) is 4.28. The molecule has 0 aromatic carbocycles. The molecular formula is C11H18N4O2S. The highest BCUT2D eigenvalue weighted by Crippen LogP contribution is 2.10. The Morgan fingerprint density at radius 1 is 1.28 bits per heavy atom. The minimum atomic E-state index is -3.56. The molecule has 1 aliphatic heterocycles. The second-order valence-electron chi connectivity index (χ2n) is 4.35. The standard InChI is InChI=1S/C11H18N4O2S/c12-8-10-4-5-11(13-9-10)18(16,17)14-15-6-2-1-3-7-15/h4-5,9,14H,1-3,6-8,12H2. The molecule has 3 N–H and O–H groups in total. The predicted molar refractivity (Wildman–Crippen MR) is 67.9 cm³/mol. The molecule has 0 bridgehead atoms. The average Bonchev–Trinajstić information content (AvgIpc) is 2.39. The normalized spacial score (nSPS) is 17.8. The molecule has 0 saturated carbocycles. The first-order valence-electron chi connectivity index (χ1n) is 6.04. The maximum atomic E-state index is 12.1. The van der Waals surface area contributed by atoms with Crippen LogP contribution in [0, 0.1) is 0 Å². The van der Waals surface area contributed by atoms with Crippen LogP contribution in [-0.4, -0.2) is 31.5 Å². The van der Waals surface area contributed by atoms with Crippen molar-refractivity contribution in [3.8, 4) is 0 Å². The largest absolute Gasteiger partial charge is 0.326 e. The third-order valence-corrected chi connectivity index (χ3v) is 4.20. The lowest BCUT2D eigenvalue weighted by atomic mass is 10.2. The third-order valence-electron chi connectivity index (χ3n) is 2.91. The van der Waals surface area contributed by atoms with E-state index in [9.17, 15) is 8.42 Å². The SMILES string of the molecule is NCc1ccc(S(=O)(=O)NN2CCCCC2)nc1. The first-order chi connectivity index (χ1) is 8.62. The first kappa shape index (κ1) is 13.4. The number of nitrogens with two attached hydrogens (primary N) is 1. The number of rotatable bonds is 4. The van der Waals surface area contributed by atoms with E-state index in [1.165, 1.54) is 12.3 Å². The van der Waals surface area contributed by atoms with E-state index in [1.807, 2.05) is 0 Å². The fraction of sp³-hybridized carbons (Fsp3) is 0.545. The van der Waals surface area contributed by atoms with Crippen LogP contribution >= 0.6 is 0 Å². The van der Waals surface area contributed by atoms with Crippen molar-refractivity contribution in [1.82, 2.24) is 14.8 Å². The lowest BCUT2D eigenvalue weighted by Crippen LogP contribution is -2.45. The zero-order valence-electron chi connectivity index (χ0n) is 10.2. The van der Waals surface area contributed by atoms with Crippen molar-refractivity contribution in [3.63, 3.8) is 0 Å². The highest BCUT2D eigenvalue weighted by atomic mass is 32.2. The van der Waals surface area contributed by atoms with Gasteiger partial charge in [-0.15, -0.1) is 4.83 Å². The fourth-order valence-corrected chi connectivity index (χ4v) is 2.95. The quantitative estimate of drug-likeness (QED) is 0.817. The zero-order valence-corrected chi connectivity index (χ0v) is 11.0. The van der Waals surface area contributed by atoms with Gasteiger partial charge in [-0.3, -0.25) is 0 Å². The molecule has 0 atom stereocenters. The molecule has 1 aliphatic rings. The van der Waals surface area contributed by atoms with Gasteiger partial charge in [0.2, 0.25) is 0 Å². The Balaban J connectivity index is 2.08. The van der Waals surface area contributed by atoms with E-state index in [0.29, 0.717) is 6.54 Å². The maximum Gasteiger partial charge on any atom is 0.270 e. The van der Waals surface area contributed by atoms with Gasteiger partial charge in [-0.05, 0) is 24.5 Å². The van der Waals surface area contributed by atoms with Crippen LogP contribution in [0.1, 0.15) is 24.8 Å². The van der Waals surface area contributed by atoms with Crippen LogP contribution in [0.15, 0.2) is 23.4 Å². The smallest absolute Gasteiger partial charge is 0.270 e. The molecular weight excluding hydrogens is 252 g/mol. The summed E-state index contributed by atoms with van der Waals surface area (Å²) in [4.78, 5) is 6.49. The van der Waals surface area contributed by atoms with Crippen LogP contribution in [0.3, 0.4) is 0 Å². The third kappa shape index (κ3) is 3.26. The van der Waals surface area contributed by atoms with Crippen molar-refractivity contribution in [2.24, 2.45) is 5.73 Å². The summed E-state index contributed by atoms with van der Waals surface area (Å²) in [5.41, 5.74) is 6.26. The Hall–Kier alpha value is -1.02. The molecule has 1 fully saturated rings. The van der Waals surface area contributed by atoms with E-state index in [2.05, 4.69) is 9.82 Å². The molecule has 100 valence electrons. The Morgan fingerprint density at radius 3 is 2.56 bits per heavy atom. The van der Waals surface area contributed by atoms with Crippen LogP contribution in [0.4, 0.5) is 0 Å². The summed E-state index contributed by atoms with van der Waals surface area (Å²) < 4.78 is 24.1. The van der Waals surface area contributed by atoms with Crippen LogP contribution < -0.4 is 10.6 Å². The van der Waals surface area contributed by atoms with Gasteiger partial charge in [0.25, 0.3) is 10.0 Å². The second-order valence-corrected chi connectivity index (χ2v) is 5.96. The maximum absolute atomic E-state index is 12.1. The number of nitrogens with zero attached hydrogens (tertiary/aromatic N) is 2. The monoisotopic (exact) mass is 270 g/mol. The van der Waals surface area contributed by atoms with Crippen LogP contribution in [0.25, 0.3) is 0 Å². The Morgan fingerprint density at radius 2 is 2.00 bits per heavy atom. The van der Waals surface area contributed by atoms with E-state index < -0.39 is 10.0 Å². The lowest BCUT2D eigenvalue weighted by Gasteiger charge is -2.26. The van der Waals surface area contributed by atoms with Gasteiger partial charge in [0.1, 0.15) is 0 Å². The second kappa shape index (κ2) is 5.75. The summed E-state index contributed by atoms with van der Waals surface area (Å²) >= 11 is 0. The van der Waals surface area contributed by atoms with Crippen molar-refractivity contribution in [2.75, 3.05) is 13.1 Å². The number of piperidine rings is 1. The van der Waals surface area contributed by atoms with E-state index in [4.69, 9.17) is 5.73 Å². The minimum Gasteiger partial charge on any atom is -0.326 e. The fourth-order valence-electron chi connectivity index (χ4n) is 1.89. The van der Waals surface area contributed by atoms with Gasteiger partial charge < -0.3 is 5.73 Å². The van der Waals surface area contributed by atoms with Gasteiger partial charge in [-0.2, -0.15) is 0 Å². The van der Waals surface area contributed by atoms with Gasteiger partial charge in [-0.25, -0.2) is 18.4 Å². The molecule has 0 spiro atoms. The van der Waals surface area contributed by atoms with Crippen molar-refractivity contribution in [2.45, 2.75) is 30.8 Å². The number of hydrazine groups is 1. The molecule has 6 nitrogen and oxygen atoms in total. The average molecular weight is 270 g/mol. The molecule has 1 aromatic heterocycles. The highest BCUT2D eigenvalue weighted by molar-refractivity contribution is 7.89. The number of pyridine rings is 1. The molecule has 0 aliphatic carbocycles. The number of hydrogen-bond acceptors (Lipinski definition) is 5. The molecule has 2 rings (SSSR count). The zero-order chi connectivity index (χ0) is 13.0. The van der Waals surface area contributed by atoms with Gasteiger partial charge in [-0.1, -0.05) is 12.5 Å². The number of aromatic nitrogens is 1. The molecule has 7 heteroatoms. The molecule has 0 unspecified atom stereocenters. The van der Waals surface area contributed by atoms with Gasteiger partial charge >= 0.3 is 0 Å². The summed E-state index contributed by atoms with van der Waals surface area (Å²) in [5.74, 6) is 0. The van der Waals surface area contributed by atoms with Gasteiger partial charge in [0, 0.05) is 25.8 Å². The van der Waals surface area contributed by atoms with E-state index >= 15 is 0 Å². The van der Waals surface area contributed by atoms with Crippen LogP contribution in [0.2, 0.25) is 0 Å². The minimum absolute atomic E-state index is 0.0327. The van der Waals surface area contributed by atoms with Gasteiger partial charge in [0.15, 0.2) is 5.03 Å².